The number of fused-ring (bicyclic) bond motifs is 2. The Balaban J connectivity index is 1.22. The first kappa shape index (κ1) is 26.9. The number of hydrogen-bond acceptors (Lipinski definition) is 7. The minimum Gasteiger partial charge on any atom is -0.444 e. The number of benzene rings is 1. The molecule has 2 aliphatic heterocycles. The maximum atomic E-state index is 13.4. The number of carbonyl (C=O) groups excluding carboxylic acids is 2. The van der Waals surface area contributed by atoms with Gasteiger partial charge in [0.2, 0.25) is 5.91 Å². The summed E-state index contributed by atoms with van der Waals surface area (Å²) in [5.74, 6) is 0.0698. The number of aryl methyl sites for hydroxylation is 2. The largest absolute Gasteiger partial charge is 0.444 e. The Morgan fingerprint density at radius 2 is 2.03 bits per heavy atom. The van der Waals surface area contributed by atoms with Crippen LogP contribution in [-0.4, -0.2) is 32.1 Å². The predicted octanol–water partition coefficient (Wildman–Crippen LogP) is 4.84. The molecule has 4 heterocycles. The fourth-order valence-electron chi connectivity index (χ4n) is 5.08. The number of anilines is 1. The third kappa shape index (κ3) is 5.85. The van der Waals surface area contributed by atoms with E-state index in [1.54, 1.807) is 27.0 Å². The summed E-state index contributed by atoms with van der Waals surface area (Å²) < 4.78 is 7.07. The van der Waals surface area contributed by atoms with Crippen LogP contribution in [0.15, 0.2) is 41.3 Å². The van der Waals surface area contributed by atoms with Gasteiger partial charge in [-0.05, 0) is 64.7 Å². The van der Waals surface area contributed by atoms with Crippen molar-refractivity contribution in [3.63, 3.8) is 0 Å². The number of thiophene rings is 1. The standard InChI is InChI=1S/C29H35N5O4S/c1-17-7-6-8-19(11-17)18(2)32-25-27(36)34-21(13-30-25)9-10-23(34)26(35)31-14-22-12-20-15-33(16-24(20)39-22)28(37)38-29(3,4)5/h6-8,11-13,18,23H,9-10,14-16H2,1-5H3,(H,30,32)(H,31,35). The zero-order chi connectivity index (χ0) is 27.9. The molecule has 0 fully saturated rings. The molecule has 39 heavy (non-hydrogen) atoms. The van der Waals surface area contributed by atoms with Crippen molar-refractivity contribution in [2.45, 2.75) is 84.8 Å². The number of rotatable bonds is 6. The molecule has 0 spiro atoms. The number of carbonyl (C=O) groups is 2. The summed E-state index contributed by atoms with van der Waals surface area (Å²) in [5.41, 5.74) is 3.26. The number of nitrogens with zero attached hydrogens (tertiary/aromatic N) is 3. The van der Waals surface area contributed by atoms with Gasteiger partial charge in [-0.2, -0.15) is 0 Å². The van der Waals surface area contributed by atoms with Gasteiger partial charge in [0.05, 0.1) is 25.7 Å². The van der Waals surface area contributed by atoms with Gasteiger partial charge in [-0.3, -0.25) is 19.1 Å². The van der Waals surface area contributed by atoms with E-state index in [9.17, 15) is 14.4 Å². The molecule has 2 amide bonds. The summed E-state index contributed by atoms with van der Waals surface area (Å²) in [5, 5.41) is 6.26. The molecule has 2 aliphatic rings. The molecule has 0 radical (unpaired) electrons. The van der Waals surface area contributed by atoms with Crippen molar-refractivity contribution >= 4 is 29.2 Å². The lowest BCUT2D eigenvalue weighted by atomic mass is 10.1. The van der Waals surface area contributed by atoms with Gasteiger partial charge in [0.15, 0.2) is 5.82 Å². The molecule has 0 saturated carbocycles. The third-order valence-corrected chi connectivity index (χ3v) is 8.15. The van der Waals surface area contributed by atoms with Crippen molar-refractivity contribution in [3.05, 3.63) is 79.0 Å². The summed E-state index contributed by atoms with van der Waals surface area (Å²) in [4.78, 5) is 47.2. The van der Waals surface area contributed by atoms with Crippen molar-refractivity contribution in [3.8, 4) is 0 Å². The van der Waals surface area contributed by atoms with Gasteiger partial charge >= 0.3 is 6.09 Å². The van der Waals surface area contributed by atoms with Crippen molar-refractivity contribution in [2.24, 2.45) is 0 Å². The normalized spacial score (nSPS) is 16.9. The molecule has 0 saturated heterocycles. The predicted molar refractivity (Wildman–Crippen MR) is 151 cm³/mol. The van der Waals surface area contributed by atoms with E-state index in [1.165, 1.54) is 0 Å². The van der Waals surface area contributed by atoms with E-state index in [1.807, 2.05) is 58.9 Å². The molecule has 5 rings (SSSR count). The van der Waals surface area contributed by atoms with Crippen LogP contribution >= 0.6 is 11.3 Å². The molecule has 1 aromatic carbocycles. The number of nitrogens with one attached hydrogen (secondary N) is 2. The van der Waals surface area contributed by atoms with Gasteiger partial charge in [-0.1, -0.05) is 29.8 Å². The lowest BCUT2D eigenvalue weighted by Gasteiger charge is -2.24. The maximum Gasteiger partial charge on any atom is 0.410 e. The average molecular weight is 550 g/mol. The summed E-state index contributed by atoms with van der Waals surface area (Å²) in [6.07, 6.45) is 2.57. The fourth-order valence-corrected chi connectivity index (χ4v) is 6.22. The Kier molecular flexibility index (Phi) is 7.24. The Hall–Kier alpha value is -3.66. The van der Waals surface area contributed by atoms with Crippen molar-refractivity contribution in [1.29, 1.82) is 0 Å². The quantitative estimate of drug-likeness (QED) is 0.456. The van der Waals surface area contributed by atoms with E-state index in [4.69, 9.17) is 4.74 Å². The lowest BCUT2D eigenvalue weighted by molar-refractivity contribution is -0.124. The van der Waals surface area contributed by atoms with Gasteiger partial charge in [0, 0.05) is 21.6 Å². The molecule has 2 unspecified atom stereocenters. The van der Waals surface area contributed by atoms with Crippen LogP contribution in [0.1, 0.15) is 78.3 Å². The highest BCUT2D eigenvalue weighted by atomic mass is 32.1. The number of amides is 2. The van der Waals surface area contributed by atoms with Crippen LogP contribution in [0, 0.1) is 6.92 Å². The highest BCUT2D eigenvalue weighted by Crippen LogP contribution is 2.32. The first-order valence-electron chi connectivity index (χ1n) is 13.3. The number of hydrogen-bond donors (Lipinski definition) is 2. The average Bonchev–Trinajstić information content (AvgIpc) is 3.57. The Morgan fingerprint density at radius 1 is 1.23 bits per heavy atom. The van der Waals surface area contributed by atoms with Crippen LogP contribution in [0.25, 0.3) is 0 Å². The first-order chi connectivity index (χ1) is 18.5. The second-order valence-electron chi connectivity index (χ2n) is 11.3. The fraction of sp³-hybridized carbons (Fsp3) is 0.448. The maximum absolute atomic E-state index is 13.4. The van der Waals surface area contributed by atoms with Crippen molar-refractivity contribution in [1.82, 2.24) is 19.8 Å². The monoisotopic (exact) mass is 549 g/mol. The van der Waals surface area contributed by atoms with Crippen LogP contribution in [-0.2, 0) is 35.6 Å². The molecule has 206 valence electrons. The van der Waals surface area contributed by atoms with E-state index in [0.29, 0.717) is 32.5 Å². The molecule has 2 atom stereocenters. The molecule has 2 N–H and O–H groups in total. The van der Waals surface area contributed by atoms with Crippen LogP contribution < -0.4 is 16.2 Å². The minimum absolute atomic E-state index is 0.107. The van der Waals surface area contributed by atoms with Crippen LogP contribution in [0.3, 0.4) is 0 Å². The third-order valence-electron chi connectivity index (χ3n) is 6.99. The molecule has 10 heteroatoms. The molecule has 2 aromatic heterocycles. The zero-order valence-corrected chi connectivity index (χ0v) is 23.9. The first-order valence-corrected chi connectivity index (χ1v) is 14.1. The second-order valence-corrected chi connectivity index (χ2v) is 12.5. The molecule has 0 bridgehead atoms. The Morgan fingerprint density at radius 3 is 2.74 bits per heavy atom. The molecular formula is C29H35N5O4S. The van der Waals surface area contributed by atoms with Gasteiger partial charge in [-0.25, -0.2) is 9.78 Å². The second kappa shape index (κ2) is 10.5. The highest BCUT2D eigenvalue weighted by molar-refractivity contribution is 7.12. The minimum atomic E-state index is -0.570. The van der Waals surface area contributed by atoms with Crippen molar-refractivity contribution < 1.29 is 14.3 Å². The van der Waals surface area contributed by atoms with Gasteiger partial charge in [-0.15, -0.1) is 11.3 Å². The topological polar surface area (TPSA) is 106 Å². The smallest absolute Gasteiger partial charge is 0.410 e. The summed E-state index contributed by atoms with van der Waals surface area (Å²) in [7, 11) is 0. The van der Waals surface area contributed by atoms with E-state index in [-0.39, 0.29) is 29.4 Å². The van der Waals surface area contributed by atoms with Crippen LogP contribution in [0.2, 0.25) is 0 Å². The van der Waals surface area contributed by atoms with Gasteiger partial charge in [0.25, 0.3) is 5.56 Å². The zero-order valence-electron chi connectivity index (χ0n) is 23.0. The van der Waals surface area contributed by atoms with E-state index in [0.717, 1.165) is 32.1 Å². The van der Waals surface area contributed by atoms with Gasteiger partial charge < -0.3 is 15.4 Å². The highest BCUT2D eigenvalue weighted by Gasteiger charge is 2.32. The lowest BCUT2D eigenvalue weighted by Crippen LogP contribution is -2.36. The molecular weight excluding hydrogens is 514 g/mol. The van der Waals surface area contributed by atoms with Crippen molar-refractivity contribution in [2.75, 3.05) is 5.32 Å². The SMILES string of the molecule is Cc1cccc(C(C)Nc2ncc3n(c2=O)C(C(=O)NCc2cc4c(s2)CN(C(=O)OC(C)(C)C)C4)CC3)c1. The molecule has 3 aromatic rings. The molecule has 0 aliphatic carbocycles. The van der Waals surface area contributed by atoms with E-state index >= 15 is 0 Å². The summed E-state index contributed by atoms with van der Waals surface area (Å²) >= 11 is 1.59. The van der Waals surface area contributed by atoms with E-state index in [2.05, 4.69) is 21.7 Å². The number of ether oxygens (including phenoxy) is 1. The Labute approximate surface area is 232 Å². The summed E-state index contributed by atoms with van der Waals surface area (Å²) in [6, 6.07) is 9.48. The van der Waals surface area contributed by atoms with Gasteiger partial charge in [0.1, 0.15) is 11.6 Å². The molecule has 9 nitrogen and oxygen atoms in total. The summed E-state index contributed by atoms with van der Waals surface area (Å²) in [6.45, 7) is 11.0. The van der Waals surface area contributed by atoms with E-state index < -0.39 is 11.6 Å². The number of aromatic nitrogens is 2. The van der Waals surface area contributed by atoms with Crippen LogP contribution in [0.5, 0.6) is 0 Å². The van der Waals surface area contributed by atoms with Crippen LogP contribution in [0.4, 0.5) is 10.6 Å². The Bertz CT molecular complexity index is 1450.